The van der Waals surface area contributed by atoms with Crippen molar-refractivity contribution in [1.82, 2.24) is 0 Å². The van der Waals surface area contributed by atoms with E-state index in [-0.39, 0.29) is 0 Å². The normalized spacial score (nSPS) is 10.3. The van der Waals surface area contributed by atoms with Gasteiger partial charge in [-0.2, -0.15) is 0 Å². The van der Waals surface area contributed by atoms with Crippen LogP contribution in [-0.2, 0) is 18.4 Å². The van der Waals surface area contributed by atoms with E-state index in [9.17, 15) is 0 Å². The second-order valence-corrected chi connectivity index (χ2v) is 5.14. The van der Waals surface area contributed by atoms with Crippen molar-refractivity contribution in [3.8, 4) is 11.5 Å². The predicted molar refractivity (Wildman–Crippen MR) is 85.8 cm³/mol. The fraction of sp³-hybridized carbons (Fsp3) is 0.294. The fourth-order valence-electron chi connectivity index (χ4n) is 1.95. The summed E-state index contributed by atoms with van der Waals surface area (Å²) in [5.74, 6) is 1.55. The number of alkyl halides is 1. The minimum atomic E-state index is 0.548. The SMILES string of the molecule is CCc1ccc(COc2cc(CBr)ccc2OC)cc1. The molecule has 0 N–H and O–H groups in total. The molecule has 2 aromatic carbocycles. The van der Waals surface area contributed by atoms with Crippen LogP contribution in [0, 0.1) is 0 Å². The van der Waals surface area contributed by atoms with Crippen LogP contribution >= 0.6 is 15.9 Å². The molecule has 0 atom stereocenters. The highest BCUT2D eigenvalue weighted by Crippen LogP contribution is 2.29. The summed E-state index contributed by atoms with van der Waals surface area (Å²) in [6, 6.07) is 14.5. The van der Waals surface area contributed by atoms with Crippen LogP contribution in [0.2, 0.25) is 0 Å². The molecule has 0 fully saturated rings. The van der Waals surface area contributed by atoms with Crippen LogP contribution in [0.25, 0.3) is 0 Å². The maximum absolute atomic E-state index is 5.88. The molecule has 0 saturated carbocycles. The lowest BCUT2D eigenvalue weighted by Gasteiger charge is -2.12. The smallest absolute Gasteiger partial charge is 0.161 e. The molecule has 0 aromatic heterocycles. The summed E-state index contributed by atoms with van der Waals surface area (Å²) < 4.78 is 11.2. The van der Waals surface area contributed by atoms with Crippen molar-refractivity contribution >= 4 is 15.9 Å². The van der Waals surface area contributed by atoms with Crippen molar-refractivity contribution in [3.05, 3.63) is 59.2 Å². The van der Waals surface area contributed by atoms with E-state index >= 15 is 0 Å². The lowest BCUT2D eigenvalue weighted by Crippen LogP contribution is -1.98. The maximum atomic E-state index is 5.88. The molecule has 2 aromatic rings. The largest absolute Gasteiger partial charge is 0.493 e. The van der Waals surface area contributed by atoms with E-state index in [1.807, 2.05) is 18.2 Å². The standard InChI is InChI=1S/C17H19BrO2/c1-3-13-4-6-14(7-5-13)12-20-17-10-15(11-18)8-9-16(17)19-2/h4-10H,3,11-12H2,1-2H3. The van der Waals surface area contributed by atoms with Gasteiger partial charge >= 0.3 is 0 Å². The Morgan fingerprint density at radius 1 is 0.900 bits per heavy atom. The number of ether oxygens (including phenoxy) is 2. The average Bonchev–Trinajstić information content (AvgIpc) is 2.53. The zero-order chi connectivity index (χ0) is 14.4. The molecule has 0 radical (unpaired) electrons. The van der Waals surface area contributed by atoms with Crippen molar-refractivity contribution in [2.45, 2.75) is 25.3 Å². The Bertz CT molecular complexity index is 549. The van der Waals surface area contributed by atoms with Gasteiger partial charge in [0.2, 0.25) is 0 Å². The Hall–Kier alpha value is -1.48. The van der Waals surface area contributed by atoms with Crippen LogP contribution in [-0.4, -0.2) is 7.11 Å². The van der Waals surface area contributed by atoms with Crippen LogP contribution < -0.4 is 9.47 Å². The summed E-state index contributed by atoms with van der Waals surface area (Å²) >= 11 is 3.45. The third-order valence-corrected chi connectivity index (χ3v) is 3.86. The highest BCUT2D eigenvalue weighted by molar-refractivity contribution is 9.08. The molecule has 0 saturated heterocycles. The number of hydrogen-bond acceptors (Lipinski definition) is 2. The molecule has 0 spiro atoms. The number of halogens is 1. The minimum Gasteiger partial charge on any atom is -0.493 e. The van der Waals surface area contributed by atoms with E-state index in [0.717, 1.165) is 28.8 Å². The van der Waals surface area contributed by atoms with Crippen molar-refractivity contribution in [2.75, 3.05) is 7.11 Å². The maximum Gasteiger partial charge on any atom is 0.161 e. The van der Waals surface area contributed by atoms with E-state index in [4.69, 9.17) is 9.47 Å². The molecule has 0 bridgehead atoms. The van der Waals surface area contributed by atoms with Gasteiger partial charge in [0.25, 0.3) is 0 Å². The van der Waals surface area contributed by atoms with Crippen LogP contribution in [0.3, 0.4) is 0 Å². The second-order valence-electron chi connectivity index (χ2n) is 4.58. The fourth-order valence-corrected chi connectivity index (χ4v) is 2.30. The lowest BCUT2D eigenvalue weighted by atomic mass is 10.1. The highest BCUT2D eigenvalue weighted by Gasteiger charge is 2.06. The van der Waals surface area contributed by atoms with Gasteiger partial charge in [-0.05, 0) is 35.2 Å². The number of aryl methyl sites for hydroxylation is 1. The molecule has 3 heteroatoms. The quantitative estimate of drug-likeness (QED) is 0.711. The molecule has 2 rings (SSSR count). The first-order chi connectivity index (χ1) is 9.76. The summed E-state index contributed by atoms with van der Waals surface area (Å²) in [6.45, 7) is 2.70. The number of hydrogen-bond donors (Lipinski definition) is 0. The third-order valence-electron chi connectivity index (χ3n) is 3.21. The van der Waals surface area contributed by atoms with Gasteiger partial charge in [-0.15, -0.1) is 0 Å². The molecule has 0 aliphatic heterocycles. The van der Waals surface area contributed by atoms with Crippen LogP contribution in [0.5, 0.6) is 11.5 Å². The number of rotatable bonds is 6. The molecular weight excluding hydrogens is 316 g/mol. The van der Waals surface area contributed by atoms with Crippen molar-refractivity contribution in [1.29, 1.82) is 0 Å². The zero-order valence-electron chi connectivity index (χ0n) is 11.9. The molecule has 106 valence electrons. The minimum absolute atomic E-state index is 0.548. The summed E-state index contributed by atoms with van der Waals surface area (Å²) in [7, 11) is 1.66. The van der Waals surface area contributed by atoms with Crippen molar-refractivity contribution in [2.24, 2.45) is 0 Å². The lowest BCUT2D eigenvalue weighted by molar-refractivity contribution is 0.284. The molecule has 20 heavy (non-hydrogen) atoms. The first kappa shape index (κ1) is 14.9. The van der Waals surface area contributed by atoms with Gasteiger partial charge in [0.1, 0.15) is 6.61 Å². The van der Waals surface area contributed by atoms with Gasteiger partial charge in [-0.3, -0.25) is 0 Å². The van der Waals surface area contributed by atoms with E-state index in [2.05, 4.69) is 47.1 Å². The molecule has 0 unspecified atom stereocenters. The van der Waals surface area contributed by atoms with Gasteiger partial charge in [-0.25, -0.2) is 0 Å². The molecule has 0 amide bonds. The van der Waals surface area contributed by atoms with Crippen LogP contribution in [0.15, 0.2) is 42.5 Å². The van der Waals surface area contributed by atoms with Crippen LogP contribution in [0.1, 0.15) is 23.6 Å². The molecule has 2 nitrogen and oxygen atoms in total. The van der Waals surface area contributed by atoms with E-state index < -0.39 is 0 Å². The summed E-state index contributed by atoms with van der Waals surface area (Å²) in [5.41, 5.74) is 3.67. The first-order valence-electron chi connectivity index (χ1n) is 6.70. The van der Waals surface area contributed by atoms with Gasteiger partial charge in [0.05, 0.1) is 7.11 Å². The Morgan fingerprint density at radius 3 is 2.15 bits per heavy atom. The van der Waals surface area contributed by atoms with Gasteiger partial charge < -0.3 is 9.47 Å². The van der Waals surface area contributed by atoms with Crippen molar-refractivity contribution < 1.29 is 9.47 Å². The van der Waals surface area contributed by atoms with Crippen LogP contribution in [0.4, 0.5) is 0 Å². The van der Waals surface area contributed by atoms with E-state index in [1.54, 1.807) is 7.11 Å². The van der Waals surface area contributed by atoms with E-state index in [0.29, 0.717) is 6.61 Å². The highest BCUT2D eigenvalue weighted by atomic mass is 79.9. The first-order valence-corrected chi connectivity index (χ1v) is 7.82. The number of benzene rings is 2. The molecule has 0 aliphatic carbocycles. The predicted octanol–water partition coefficient (Wildman–Crippen LogP) is 4.73. The molecular formula is C17H19BrO2. The summed E-state index contributed by atoms with van der Waals surface area (Å²) in [6.07, 6.45) is 1.06. The third kappa shape index (κ3) is 3.76. The van der Waals surface area contributed by atoms with Gasteiger partial charge in [0.15, 0.2) is 11.5 Å². The topological polar surface area (TPSA) is 18.5 Å². The summed E-state index contributed by atoms with van der Waals surface area (Å²) in [5, 5.41) is 0.804. The van der Waals surface area contributed by atoms with Crippen molar-refractivity contribution in [3.63, 3.8) is 0 Å². The Labute approximate surface area is 128 Å². The monoisotopic (exact) mass is 334 g/mol. The molecule has 0 aliphatic rings. The Morgan fingerprint density at radius 2 is 1.55 bits per heavy atom. The van der Waals surface area contributed by atoms with Gasteiger partial charge in [0, 0.05) is 5.33 Å². The van der Waals surface area contributed by atoms with E-state index in [1.165, 1.54) is 11.1 Å². The van der Waals surface area contributed by atoms with Gasteiger partial charge in [-0.1, -0.05) is 53.2 Å². The number of methoxy groups -OCH3 is 1. The Kier molecular flexibility index (Phi) is 5.48. The summed E-state index contributed by atoms with van der Waals surface area (Å²) in [4.78, 5) is 0. The Balaban J connectivity index is 2.08. The zero-order valence-corrected chi connectivity index (χ0v) is 13.4. The average molecular weight is 335 g/mol. The second kappa shape index (κ2) is 7.34. The molecule has 0 heterocycles.